The van der Waals surface area contributed by atoms with Crippen molar-refractivity contribution in [2.24, 2.45) is 0 Å². The first-order chi connectivity index (χ1) is 15.0. The maximum absolute atomic E-state index is 9.58. The normalized spacial score (nSPS) is 15.8. The first-order valence-electron chi connectivity index (χ1n) is 10.9. The lowest BCUT2D eigenvalue weighted by Gasteiger charge is -2.34. The van der Waals surface area contributed by atoms with Crippen molar-refractivity contribution in [3.8, 4) is 0 Å². The maximum Gasteiger partial charge on any atom is 0.435 e. The molecule has 212 valence electrons. The van der Waals surface area contributed by atoms with Gasteiger partial charge in [-0.2, -0.15) is 0 Å². The number of nitrogens with zero attached hydrogens (tertiary/aromatic N) is 2. The van der Waals surface area contributed by atoms with Gasteiger partial charge in [0.15, 0.2) is 0 Å². The van der Waals surface area contributed by atoms with Crippen molar-refractivity contribution in [3.05, 3.63) is 0 Å². The second kappa shape index (κ2) is 17.9. The Labute approximate surface area is 203 Å². The molecule has 0 bridgehead atoms. The molecule has 0 saturated heterocycles. The zero-order valence-corrected chi connectivity index (χ0v) is 25.1. The molecule has 0 amide bonds. The second-order valence-corrected chi connectivity index (χ2v) is 17.4. The Morgan fingerprint density at radius 3 is 0.559 bits per heavy atom. The van der Waals surface area contributed by atoms with Crippen molar-refractivity contribution in [2.45, 2.75) is 55.4 Å². The molecule has 0 aliphatic heterocycles. The summed E-state index contributed by atoms with van der Waals surface area (Å²) in [6, 6.07) is 0. The standard InChI is InChI=1S/2C8H20N.2H4O6P2/c2*1-5-9(6-2,7-3)8-4;2*1-7(2,3)8(4,5)6/h2*5-8H2,1-4H3;2*(H2,1,2,3)(H2,4,5,6)/q2*+1;;/p-2. The monoisotopic (exact) mass is 582 g/mol. The minimum absolute atomic E-state index is 1.28. The van der Waals surface area contributed by atoms with Crippen LogP contribution in [0.25, 0.3) is 0 Å². The molecule has 0 fully saturated rings. The first kappa shape index (κ1) is 41.6. The average Bonchev–Trinajstić information content (AvgIpc) is 2.71. The lowest BCUT2D eigenvalue weighted by molar-refractivity contribution is -0.921. The largest absolute Gasteiger partial charge is 0.772 e. The molecule has 0 saturated carbocycles. The number of rotatable bonds is 10. The fourth-order valence-electron chi connectivity index (χ4n) is 2.68. The average molecular weight is 582 g/mol. The summed E-state index contributed by atoms with van der Waals surface area (Å²) in [6.07, 6.45) is 0. The molecule has 0 aliphatic rings. The van der Waals surface area contributed by atoms with E-state index in [4.69, 9.17) is 29.4 Å². The van der Waals surface area contributed by atoms with Crippen molar-refractivity contribution in [2.75, 3.05) is 52.4 Å². The zero-order chi connectivity index (χ0) is 28.7. The lowest BCUT2D eigenvalue weighted by atomic mass is 10.3. The third-order valence-electron chi connectivity index (χ3n) is 6.03. The molecule has 0 heterocycles. The highest BCUT2D eigenvalue weighted by atomic mass is 32.1. The van der Waals surface area contributed by atoms with Gasteiger partial charge in [0.05, 0.1) is 52.4 Å². The first-order valence-corrected chi connectivity index (χ1v) is 18.7. The van der Waals surface area contributed by atoms with Crippen LogP contribution in [0.15, 0.2) is 0 Å². The Hall–Kier alpha value is 0.520. The Balaban J connectivity index is -0.000000177. The van der Waals surface area contributed by atoms with Crippen LogP contribution in [-0.2, 0) is 18.3 Å². The SMILES string of the molecule is CC[N+](CC)(CC)CC.CC[N+](CC)(CC)CC.O=P(O)(O)P(=O)(O)O.O=P([O-])(O)P(=O)([O-])O. The van der Waals surface area contributed by atoms with Crippen LogP contribution in [0, 0.1) is 0 Å². The van der Waals surface area contributed by atoms with Crippen molar-refractivity contribution >= 4 is 29.1 Å². The van der Waals surface area contributed by atoms with Crippen LogP contribution in [0.4, 0.5) is 0 Å². The van der Waals surface area contributed by atoms with Crippen molar-refractivity contribution in [3.63, 3.8) is 0 Å². The van der Waals surface area contributed by atoms with E-state index in [-0.39, 0.29) is 0 Å². The van der Waals surface area contributed by atoms with Gasteiger partial charge >= 0.3 is 14.6 Å². The van der Waals surface area contributed by atoms with Crippen LogP contribution in [0.3, 0.4) is 0 Å². The number of hydrogen-bond acceptors (Lipinski definition) is 6. The van der Waals surface area contributed by atoms with Gasteiger partial charge in [-0.05, 0) is 55.4 Å². The zero-order valence-electron chi connectivity index (χ0n) is 21.5. The number of quaternary nitrogens is 2. The van der Waals surface area contributed by atoms with E-state index < -0.39 is 29.1 Å². The molecular formula is C16H46N2O12P4. The van der Waals surface area contributed by atoms with Crippen LogP contribution >= 0.6 is 29.1 Å². The fraction of sp³-hybridized carbons (Fsp3) is 1.00. The minimum Gasteiger partial charge on any atom is -0.772 e. The smallest absolute Gasteiger partial charge is 0.435 e. The summed E-state index contributed by atoms with van der Waals surface area (Å²) in [6.45, 7) is 28.4. The Bertz CT molecular complexity index is 570. The van der Waals surface area contributed by atoms with E-state index in [2.05, 4.69) is 55.4 Å². The third kappa shape index (κ3) is 17.9. The van der Waals surface area contributed by atoms with Gasteiger partial charge < -0.3 is 57.2 Å². The Kier molecular flexibility index (Phi) is 21.9. The summed E-state index contributed by atoms with van der Waals surface area (Å²) < 4.78 is 40.5. The summed E-state index contributed by atoms with van der Waals surface area (Å²) in [7, 11) is -21.5. The van der Waals surface area contributed by atoms with Crippen LogP contribution in [0.2, 0.25) is 0 Å². The molecule has 6 N–H and O–H groups in total. The highest BCUT2D eigenvalue weighted by molar-refractivity contribution is 8.26. The Morgan fingerprint density at radius 2 is 0.559 bits per heavy atom. The molecule has 14 nitrogen and oxygen atoms in total. The molecular weight excluding hydrogens is 536 g/mol. The van der Waals surface area contributed by atoms with E-state index in [1.807, 2.05) is 0 Å². The predicted octanol–water partition coefficient (Wildman–Crippen LogP) is 1.02. The van der Waals surface area contributed by atoms with Crippen molar-refractivity contribution in [1.82, 2.24) is 0 Å². The van der Waals surface area contributed by atoms with Crippen molar-refractivity contribution < 1.29 is 66.4 Å². The van der Waals surface area contributed by atoms with E-state index >= 15 is 0 Å². The molecule has 34 heavy (non-hydrogen) atoms. The summed E-state index contributed by atoms with van der Waals surface area (Å²) in [5.74, 6) is 0. The van der Waals surface area contributed by atoms with Gasteiger partial charge in [0.1, 0.15) is 0 Å². The third-order valence-corrected chi connectivity index (χ3v) is 11.3. The summed E-state index contributed by atoms with van der Waals surface area (Å²) in [5.41, 5.74) is 0. The number of hydrogen-bond donors (Lipinski definition) is 6. The van der Waals surface area contributed by atoms with Crippen molar-refractivity contribution in [1.29, 1.82) is 0 Å². The maximum atomic E-state index is 9.58. The molecule has 0 aromatic rings. The summed E-state index contributed by atoms with van der Waals surface area (Å²) >= 11 is 0. The Morgan fingerprint density at radius 1 is 0.441 bits per heavy atom. The molecule has 2 atom stereocenters. The van der Waals surface area contributed by atoms with Gasteiger partial charge in [-0.1, -0.05) is 0 Å². The van der Waals surface area contributed by atoms with Gasteiger partial charge in [-0.3, -0.25) is 0 Å². The summed E-state index contributed by atoms with van der Waals surface area (Å²) in [5, 5.41) is 0. The molecule has 0 radical (unpaired) electrons. The predicted molar refractivity (Wildman–Crippen MR) is 129 cm³/mol. The summed E-state index contributed by atoms with van der Waals surface area (Å²) in [4.78, 5) is 64.7. The van der Waals surface area contributed by atoms with Crippen LogP contribution in [0.5, 0.6) is 0 Å². The highest BCUT2D eigenvalue weighted by Gasteiger charge is 2.37. The molecule has 0 rings (SSSR count). The molecule has 0 spiro atoms. The van der Waals surface area contributed by atoms with Crippen LogP contribution in [0.1, 0.15) is 55.4 Å². The topological polar surface area (TPSA) is 236 Å². The van der Waals surface area contributed by atoms with Gasteiger partial charge in [0.25, 0.3) is 0 Å². The van der Waals surface area contributed by atoms with E-state index in [1.165, 1.54) is 61.3 Å². The minimum atomic E-state index is -5.54. The second-order valence-electron chi connectivity index (χ2n) is 7.22. The molecule has 0 aromatic carbocycles. The van der Waals surface area contributed by atoms with Gasteiger partial charge in [0, 0.05) is 0 Å². The van der Waals surface area contributed by atoms with E-state index in [1.54, 1.807) is 0 Å². The highest BCUT2D eigenvalue weighted by Crippen LogP contribution is 2.71. The fourth-order valence-corrected chi connectivity index (χ4v) is 2.68. The molecule has 18 heteroatoms. The molecule has 0 aromatic heterocycles. The van der Waals surface area contributed by atoms with Crippen LogP contribution in [-0.4, -0.2) is 90.7 Å². The van der Waals surface area contributed by atoms with Crippen LogP contribution < -0.4 is 9.79 Å². The van der Waals surface area contributed by atoms with E-state index in [0.29, 0.717) is 0 Å². The van der Waals surface area contributed by atoms with E-state index in [9.17, 15) is 28.0 Å². The molecule has 2 unspecified atom stereocenters. The quantitative estimate of drug-likeness (QED) is 0.156. The van der Waals surface area contributed by atoms with Gasteiger partial charge in [-0.15, -0.1) is 0 Å². The molecule has 0 aliphatic carbocycles. The lowest BCUT2D eigenvalue weighted by Crippen LogP contribution is -2.47. The van der Waals surface area contributed by atoms with Gasteiger partial charge in [0.2, 0.25) is 14.6 Å². The van der Waals surface area contributed by atoms with Gasteiger partial charge in [-0.25, -0.2) is 9.13 Å². The van der Waals surface area contributed by atoms with E-state index in [0.717, 1.165) is 0 Å².